The van der Waals surface area contributed by atoms with E-state index >= 15 is 0 Å². The lowest BCUT2D eigenvalue weighted by molar-refractivity contribution is -0.157. The van der Waals surface area contributed by atoms with Gasteiger partial charge in [-0.2, -0.15) is 0 Å². The van der Waals surface area contributed by atoms with Crippen LogP contribution in [0.25, 0.3) is 0 Å². The summed E-state index contributed by atoms with van der Waals surface area (Å²) in [6.45, 7) is 6.86. The fraction of sp³-hybridized carbons (Fsp3) is 0.562. The van der Waals surface area contributed by atoms with Crippen molar-refractivity contribution >= 4 is 5.97 Å². The van der Waals surface area contributed by atoms with Crippen LogP contribution in [0.15, 0.2) is 30.3 Å². The second kappa shape index (κ2) is 8.70. The quantitative estimate of drug-likeness (QED) is 0.674. The third-order valence-corrected chi connectivity index (χ3v) is 3.19. The van der Waals surface area contributed by atoms with Gasteiger partial charge in [-0.25, -0.2) is 4.79 Å². The second-order valence-electron chi connectivity index (χ2n) is 4.50. The maximum absolute atomic E-state index is 11.9. The maximum Gasteiger partial charge on any atom is 0.335 e. The number of carbonyl (C=O) groups is 1. The Morgan fingerprint density at radius 3 is 2.32 bits per heavy atom. The summed E-state index contributed by atoms with van der Waals surface area (Å²) in [5.74, 6) is 0.00279. The Balaban J connectivity index is 2.52. The van der Waals surface area contributed by atoms with E-state index in [0.717, 1.165) is 6.42 Å². The number of hydrogen-bond acceptors (Lipinski definition) is 3. The summed E-state index contributed by atoms with van der Waals surface area (Å²) in [6, 6.07) is 10.2. The molecule has 0 aromatic heterocycles. The first-order valence-corrected chi connectivity index (χ1v) is 7.06. The topological polar surface area (TPSA) is 35.5 Å². The van der Waals surface area contributed by atoms with Crippen LogP contribution in [0.3, 0.4) is 0 Å². The minimum Gasteiger partial charge on any atom is -0.463 e. The third-order valence-electron chi connectivity index (χ3n) is 3.19. The first kappa shape index (κ1) is 15.7. The van der Waals surface area contributed by atoms with Gasteiger partial charge < -0.3 is 9.47 Å². The molecule has 1 rings (SSSR count). The minimum atomic E-state index is -0.432. The fourth-order valence-corrected chi connectivity index (χ4v) is 2.00. The summed E-state index contributed by atoms with van der Waals surface area (Å²) in [5.41, 5.74) is 1.21. The molecule has 0 amide bonds. The summed E-state index contributed by atoms with van der Waals surface area (Å²) in [7, 11) is 0. The van der Waals surface area contributed by atoms with Gasteiger partial charge >= 0.3 is 5.97 Å². The molecule has 0 aliphatic carbocycles. The third kappa shape index (κ3) is 5.03. The fourth-order valence-electron chi connectivity index (χ4n) is 2.00. The van der Waals surface area contributed by atoms with Crippen LogP contribution >= 0.6 is 0 Å². The molecule has 19 heavy (non-hydrogen) atoms. The average Bonchev–Trinajstić information content (AvgIpc) is 2.46. The summed E-state index contributed by atoms with van der Waals surface area (Å²) < 4.78 is 10.7. The van der Waals surface area contributed by atoms with Crippen molar-refractivity contribution in [1.29, 1.82) is 0 Å². The van der Waals surface area contributed by atoms with E-state index in [1.807, 2.05) is 32.0 Å². The minimum absolute atomic E-state index is 0.251. The highest BCUT2D eigenvalue weighted by Crippen LogP contribution is 2.19. The Morgan fingerprint density at radius 1 is 1.11 bits per heavy atom. The molecule has 0 bridgehead atoms. The van der Waals surface area contributed by atoms with E-state index in [9.17, 15) is 4.79 Å². The molecule has 2 atom stereocenters. The zero-order valence-electron chi connectivity index (χ0n) is 12.1. The van der Waals surface area contributed by atoms with Crippen LogP contribution in [-0.2, 0) is 14.3 Å². The Morgan fingerprint density at radius 2 is 1.79 bits per heavy atom. The molecule has 1 aromatic rings. The zero-order valence-corrected chi connectivity index (χ0v) is 12.1. The van der Waals surface area contributed by atoms with E-state index in [1.165, 1.54) is 5.56 Å². The number of rotatable bonds is 8. The Bertz CT molecular complexity index is 362. The van der Waals surface area contributed by atoms with Crippen molar-refractivity contribution < 1.29 is 14.3 Å². The van der Waals surface area contributed by atoms with Crippen LogP contribution in [-0.4, -0.2) is 25.3 Å². The van der Waals surface area contributed by atoms with Crippen LogP contribution in [0.5, 0.6) is 0 Å². The molecule has 0 radical (unpaired) electrons. The first-order valence-electron chi connectivity index (χ1n) is 7.06. The second-order valence-corrected chi connectivity index (χ2v) is 4.50. The Hall–Kier alpha value is -1.35. The summed E-state index contributed by atoms with van der Waals surface area (Å²) in [6.07, 6.45) is 1.16. The lowest BCUT2D eigenvalue weighted by Gasteiger charge is -2.18. The van der Waals surface area contributed by atoms with Gasteiger partial charge in [-0.15, -0.1) is 0 Å². The van der Waals surface area contributed by atoms with Crippen molar-refractivity contribution in [2.24, 2.45) is 0 Å². The smallest absolute Gasteiger partial charge is 0.335 e. The van der Waals surface area contributed by atoms with Gasteiger partial charge in [0.25, 0.3) is 0 Å². The van der Waals surface area contributed by atoms with Gasteiger partial charge in [0, 0.05) is 12.5 Å². The van der Waals surface area contributed by atoms with Crippen LogP contribution in [0.2, 0.25) is 0 Å². The van der Waals surface area contributed by atoms with Crippen molar-refractivity contribution in [3.05, 3.63) is 35.9 Å². The molecule has 0 aliphatic heterocycles. The van der Waals surface area contributed by atoms with Crippen molar-refractivity contribution in [3.63, 3.8) is 0 Å². The molecule has 2 unspecified atom stereocenters. The molecule has 0 fully saturated rings. The van der Waals surface area contributed by atoms with Gasteiger partial charge in [0.2, 0.25) is 0 Å². The van der Waals surface area contributed by atoms with E-state index in [-0.39, 0.29) is 11.9 Å². The maximum atomic E-state index is 11.9. The summed E-state index contributed by atoms with van der Waals surface area (Å²) in [5, 5.41) is 0. The molecular formula is C16H24O3. The average molecular weight is 264 g/mol. The molecule has 0 heterocycles. The van der Waals surface area contributed by atoms with Crippen LogP contribution in [0, 0.1) is 0 Å². The monoisotopic (exact) mass is 264 g/mol. The largest absolute Gasteiger partial charge is 0.463 e. The Labute approximate surface area is 115 Å². The number of carbonyl (C=O) groups excluding carboxylic acids is 1. The van der Waals surface area contributed by atoms with Gasteiger partial charge in [-0.1, -0.05) is 44.2 Å². The van der Waals surface area contributed by atoms with Gasteiger partial charge in [0.05, 0.1) is 6.61 Å². The van der Waals surface area contributed by atoms with Crippen molar-refractivity contribution in [3.8, 4) is 0 Å². The standard InChI is InChI=1S/C16H24O3/c1-4-13(14-10-8-7-9-11-14)12-19-16(17)15(5-2)18-6-3/h7-11,13,15H,4-6,12H2,1-3H3. The number of benzene rings is 1. The van der Waals surface area contributed by atoms with Crippen molar-refractivity contribution in [2.45, 2.75) is 45.6 Å². The molecule has 0 aliphatic rings. The number of hydrogen-bond donors (Lipinski definition) is 0. The highest BCUT2D eigenvalue weighted by Gasteiger charge is 2.20. The van der Waals surface area contributed by atoms with Gasteiger partial charge in [0.1, 0.15) is 0 Å². The molecule has 0 saturated heterocycles. The van der Waals surface area contributed by atoms with E-state index in [1.54, 1.807) is 0 Å². The lowest BCUT2D eigenvalue weighted by atomic mass is 9.98. The van der Waals surface area contributed by atoms with E-state index in [4.69, 9.17) is 9.47 Å². The van der Waals surface area contributed by atoms with Gasteiger partial charge in [-0.05, 0) is 25.3 Å². The van der Waals surface area contributed by atoms with Gasteiger partial charge in [-0.3, -0.25) is 0 Å². The molecule has 0 spiro atoms. The summed E-state index contributed by atoms with van der Waals surface area (Å²) >= 11 is 0. The van der Waals surface area contributed by atoms with Crippen molar-refractivity contribution in [2.75, 3.05) is 13.2 Å². The van der Waals surface area contributed by atoms with Crippen LogP contribution in [0.1, 0.15) is 45.1 Å². The molecule has 0 N–H and O–H groups in total. The normalized spacial score (nSPS) is 13.8. The molecule has 0 saturated carbocycles. The van der Waals surface area contributed by atoms with Crippen LogP contribution < -0.4 is 0 Å². The molecule has 3 heteroatoms. The predicted molar refractivity (Wildman–Crippen MR) is 76.1 cm³/mol. The van der Waals surface area contributed by atoms with E-state index in [2.05, 4.69) is 19.1 Å². The SMILES string of the molecule is CCOC(CC)C(=O)OCC(CC)c1ccccc1. The predicted octanol–water partition coefficient (Wildman–Crippen LogP) is 3.54. The van der Waals surface area contributed by atoms with E-state index in [0.29, 0.717) is 19.6 Å². The van der Waals surface area contributed by atoms with Crippen LogP contribution in [0.4, 0.5) is 0 Å². The van der Waals surface area contributed by atoms with Gasteiger partial charge in [0.15, 0.2) is 6.10 Å². The molecular weight excluding hydrogens is 240 g/mol. The highest BCUT2D eigenvalue weighted by molar-refractivity contribution is 5.74. The summed E-state index contributed by atoms with van der Waals surface area (Å²) in [4.78, 5) is 11.9. The highest BCUT2D eigenvalue weighted by atomic mass is 16.6. The molecule has 1 aromatic carbocycles. The molecule has 3 nitrogen and oxygen atoms in total. The molecule has 106 valence electrons. The van der Waals surface area contributed by atoms with Crippen molar-refractivity contribution in [1.82, 2.24) is 0 Å². The number of ether oxygens (including phenoxy) is 2. The number of esters is 1. The zero-order chi connectivity index (χ0) is 14.1. The van der Waals surface area contributed by atoms with E-state index < -0.39 is 6.10 Å². The Kier molecular flexibility index (Phi) is 7.19. The lowest BCUT2D eigenvalue weighted by Crippen LogP contribution is -2.27. The first-order chi connectivity index (χ1) is 9.22.